The lowest BCUT2D eigenvalue weighted by Gasteiger charge is -2.27. The highest BCUT2D eigenvalue weighted by atomic mass is 16.5. The summed E-state index contributed by atoms with van der Waals surface area (Å²) in [4.78, 5) is 13.8. The van der Waals surface area contributed by atoms with Gasteiger partial charge in [0.25, 0.3) is 0 Å². The highest BCUT2D eigenvalue weighted by Gasteiger charge is 2.18. The maximum absolute atomic E-state index is 11.9. The van der Waals surface area contributed by atoms with Crippen molar-refractivity contribution in [3.63, 3.8) is 0 Å². The summed E-state index contributed by atoms with van der Waals surface area (Å²) in [5, 5.41) is 0. The van der Waals surface area contributed by atoms with Crippen molar-refractivity contribution < 1.29 is 9.53 Å². The molecule has 1 aliphatic rings. The minimum atomic E-state index is 0.286. The first kappa shape index (κ1) is 15.4. The van der Waals surface area contributed by atoms with Crippen LogP contribution in [0.3, 0.4) is 0 Å². The molecule has 18 heavy (non-hydrogen) atoms. The fourth-order valence-electron chi connectivity index (χ4n) is 2.38. The molecule has 2 N–H and O–H groups in total. The van der Waals surface area contributed by atoms with Crippen LogP contribution in [0.4, 0.5) is 0 Å². The molecular formula is C14H28N2O2. The van der Waals surface area contributed by atoms with Crippen LogP contribution in [-0.2, 0) is 9.53 Å². The van der Waals surface area contributed by atoms with Gasteiger partial charge in [0.1, 0.15) is 0 Å². The van der Waals surface area contributed by atoms with Crippen molar-refractivity contribution in [1.29, 1.82) is 0 Å². The van der Waals surface area contributed by atoms with E-state index in [4.69, 9.17) is 10.5 Å². The number of hydrogen-bond acceptors (Lipinski definition) is 3. The smallest absolute Gasteiger partial charge is 0.222 e. The van der Waals surface area contributed by atoms with Gasteiger partial charge in [0.2, 0.25) is 5.91 Å². The second-order valence-corrected chi connectivity index (χ2v) is 5.28. The van der Waals surface area contributed by atoms with Crippen LogP contribution in [0.1, 0.15) is 44.9 Å². The Balaban J connectivity index is 2.08. The third-order valence-corrected chi connectivity index (χ3v) is 3.64. The summed E-state index contributed by atoms with van der Waals surface area (Å²) in [7, 11) is 1.93. The Bertz CT molecular complexity index is 228. The van der Waals surface area contributed by atoms with Gasteiger partial charge in [-0.25, -0.2) is 0 Å². The van der Waals surface area contributed by atoms with Gasteiger partial charge in [0.15, 0.2) is 0 Å². The summed E-state index contributed by atoms with van der Waals surface area (Å²) in [6, 6.07) is 0. The zero-order chi connectivity index (χ0) is 13.2. The number of ether oxygens (including phenoxy) is 1. The van der Waals surface area contributed by atoms with Crippen molar-refractivity contribution in [1.82, 2.24) is 4.90 Å². The van der Waals surface area contributed by atoms with E-state index in [1.807, 2.05) is 11.9 Å². The summed E-state index contributed by atoms with van der Waals surface area (Å²) in [5.41, 5.74) is 5.44. The van der Waals surface area contributed by atoms with Crippen LogP contribution in [-0.4, -0.2) is 44.2 Å². The highest BCUT2D eigenvalue weighted by molar-refractivity contribution is 5.75. The molecule has 4 heteroatoms. The van der Waals surface area contributed by atoms with E-state index in [0.29, 0.717) is 12.3 Å². The van der Waals surface area contributed by atoms with Crippen molar-refractivity contribution in [2.75, 3.05) is 33.4 Å². The number of rotatable bonds is 8. The molecule has 0 atom stereocenters. The zero-order valence-electron chi connectivity index (χ0n) is 11.7. The summed E-state index contributed by atoms with van der Waals surface area (Å²) in [6.07, 6.45) is 7.21. The third kappa shape index (κ3) is 6.36. The predicted molar refractivity (Wildman–Crippen MR) is 73.3 cm³/mol. The van der Waals surface area contributed by atoms with Gasteiger partial charge < -0.3 is 15.4 Å². The molecule has 1 fully saturated rings. The van der Waals surface area contributed by atoms with Gasteiger partial charge in [-0.05, 0) is 38.1 Å². The Morgan fingerprint density at radius 2 is 1.89 bits per heavy atom. The van der Waals surface area contributed by atoms with Crippen molar-refractivity contribution >= 4 is 5.91 Å². The standard InChI is InChI=1S/C14H28N2O2/c1-16(12-13-7-10-18-11-8-13)14(17)6-4-2-3-5-9-15/h13H,2-12,15H2,1H3. The first-order valence-corrected chi connectivity index (χ1v) is 7.26. The number of nitrogens with two attached hydrogens (primary N) is 1. The maximum atomic E-state index is 11.9. The maximum Gasteiger partial charge on any atom is 0.222 e. The van der Waals surface area contributed by atoms with E-state index in [1.165, 1.54) is 0 Å². The second-order valence-electron chi connectivity index (χ2n) is 5.28. The molecule has 0 aromatic rings. The van der Waals surface area contributed by atoms with Crippen molar-refractivity contribution in [3.8, 4) is 0 Å². The van der Waals surface area contributed by atoms with Gasteiger partial charge in [-0.1, -0.05) is 12.8 Å². The molecule has 0 spiro atoms. The Labute approximate surface area is 111 Å². The van der Waals surface area contributed by atoms with Crippen LogP contribution in [0.15, 0.2) is 0 Å². The Kier molecular flexibility index (Phi) is 8.01. The molecule has 1 rings (SSSR count). The molecule has 0 unspecified atom stereocenters. The minimum absolute atomic E-state index is 0.286. The van der Waals surface area contributed by atoms with E-state index < -0.39 is 0 Å². The van der Waals surface area contributed by atoms with Crippen molar-refractivity contribution in [2.45, 2.75) is 44.9 Å². The van der Waals surface area contributed by atoms with Crippen LogP contribution in [0, 0.1) is 5.92 Å². The monoisotopic (exact) mass is 256 g/mol. The van der Waals surface area contributed by atoms with E-state index in [-0.39, 0.29) is 5.91 Å². The van der Waals surface area contributed by atoms with E-state index in [9.17, 15) is 4.79 Å². The van der Waals surface area contributed by atoms with Crippen LogP contribution >= 0.6 is 0 Å². The lowest BCUT2D eigenvalue weighted by atomic mass is 9.99. The zero-order valence-corrected chi connectivity index (χ0v) is 11.7. The number of carbonyl (C=O) groups excluding carboxylic acids is 1. The SMILES string of the molecule is CN(CC1CCOCC1)C(=O)CCCCCCN. The van der Waals surface area contributed by atoms with Crippen molar-refractivity contribution in [2.24, 2.45) is 11.7 Å². The third-order valence-electron chi connectivity index (χ3n) is 3.64. The van der Waals surface area contributed by atoms with Gasteiger partial charge in [-0.3, -0.25) is 4.79 Å². The molecule has 1 amide bonds. The van der Waals surface area contributed by atoms with Crippen molar-refractivity contribution in [3.05, 3.63) is 0 Å². The van der Waals surface area contributed by atoms with Gasteiger partial charge in [-0.15, -0.1) is 0 Å². The lowest BCUT2D eigenvalue weighted by molar-refractivity contribution is -0.131. The number of hydrogen-bond donors (Lipinski definition) is 1. The summed E-state index contributed by atoms with van der Waals surface area (Å²) < 4.78 is 5.33. The molecule has 0 aliphatic carbocycles. The fourth-order valence-corrected chi connectivity index (χ4v) is 2.38. The molecule has 1 heterocycles. The van der Waals surface area contributed by atoms with Crippen LogP contribution in [0.2, 0.25) is 0 Å². The minimum Gasteiger partial charge on any atom is -0.381 e. The number of carbonyl (C=O) groups is 1. The Morgan fingerprint density at radius 1 is 1.22 bits per heavy atom. The second kappa shape index (κ2) is 9.34. The number of nitrogens with zero attached hydrogens (tertiary/aromatic N) is 1. The predicted octanol–water partition coefficient (Wildman–Crippen LogP) is 1.78. The molecule has 1 aliphatic heterocycles. The van der Waals surface area contributed by atoms with Gasteiger partial charge in [-0.2, -0.15) is 0 Å². The summed E-state index contributed by atoms with van der Waals surface area (Å²) in [6.45, 7) is 3.36. The Morgan fingerprint density at radius 3 is 2.56 bits per heavy atom. The molecule has 0 aromatic heterocycles. The molecule has 0 bridgehead atoms. The average Bonchev–Trinajstić information content (AvgIpc) is 2.39. The van der Waals surface area contributed by atoms with E-state index >= 15 is 0 Å². The molecule has 0 saturated carbocycles. The van der Waals surface area contributed by atoms with Gasteiger partial charge >= 0.3 is 0 Å². The largest absolute Gasteiger partial charge is 0.381 e. The first-order valence-electron chi connectivity index (χ1n) is 7.26. The summed E-state index contributed by atoms with van der Waals surface area (Å²) >= 11 is 0. The topological polar surface area (TPSA) is 55.6 Å². The van der Waals surface area contributed by atoms with E-state index in [1.54, 1.807) is 0 Å². The number of unbranched alkanes of at least 4 members (excludes halogenated alkanes) is 3. The molecule has 4 nitrogen and oxygen atoms in total. The average molecular weight is 256 g/mol. The van der Waals surface area contributed by atoms with Crippen LogP contribution in [0.5, 0.6) is 0 Å². The van der Waals surface area contributed by atoms with Crippen LogP contribution < -0.4 is 5.73 Å². The summed E-state index contributed by atoms with van der Waals surface area (Å²) in [5.74, 6) is 0.916. The quantitative estimate of drug-likeness (QED) is 0.674. The van der Waals surface area contributed by atoms with E-state index in [0.717, 1.165) is 64.8 Å². The molecule has 0 aromatic carbocycles. The number of amides is 1. The highest BCUT2D eigenvalue weighted by Crippen LogP contribution is 2.16. The first-order chi connectivity index (χ1) is 8.74. The molecule has 106 valence electrons. The normalized spacial score (nSPS) is 16.8. The molecular weight excluding hydrogens is 228 g/mol. The van der Waals surface area contributed by atoms with Gasteiger partial charge in [0.05, 0.1) is 0 Å². The molecule has 0 radical (unpaired) electrons. The van der Waals surface area contributed by atoms with Crippen LogP contribution in [0.25, 0.3) is 0 Å². The molecule has 1 saturated heterocycles. The van der Waals surface area contributed by atoms with E-state index in [2.05, 4.69) is 0 Å². The Hall–Kier alpha value is -0.610. The fraction of sp³-hybridized carbons (Fsp3) is 0.929. The van der Waals surface area contributed by atoms with Gasteiger partial charge in [0, 0.05) is 33.2 Å². The lowest BCUT2D eigenvalue weighted by Crippen LogP contribution is -2.34.